The van der Waals surface area contributed by atoms with Crippen molar-refractivity contribution >= 4 is 17.4 Å². The van der Waals surface area contributed by atoms with Gasteiger partial charge in [0, 0.05) is 12.1 Å². The number of halogens is 2. The van der Waals surface area contributed by atoms with E-state index in [1.54, 1.807) is 25.3 Å². The number of amides is 1. The van der Waals surface area contributed by atoms with Crippen LogP contribution >= 0.6 is 0 Å². The number of nitrogens with zero attached hydrogens (tertiary/aromatic N) is 2. The summed E-state index contributed by atoms with van der Waals surface area (Å²) in [6.07, 6.45) is 1.55. The van der Waals surface area contributed by atoms with Gasteiger partial charge in [-0.25, -0.2) is 18.7 Å². The average molecular weight is 344 g/mol. The lowest BCUT2D eigenvalue weighted by Crippen LogP contribution is -2.16. The van der Waals surface area contributed by atoms with Crippen LogP contribution in [-0.2, 0) is 6.54 Å². The molecule has 2 heterocycles. The van der Waals surface area contributed by atoms with Crippen LogP contribution in [0.1, 0.15) is 22.1 Å². The highest BCUT2D eigenvalue weighted by atomic mass is 19.1. The number of carbonyl (C=O) groups is 1. The molecule has 8 heteroatoms. The van der Waals surface area contributed by atoms with E-state index in [1.807, 2.05) is 0 Å². The highest BCUT2D eigenvalue weighted by molar-refractivity contribution is 6.03. The van der Waals surface area contributed by atoms with Gasteiger partial charge >= 0.3 is 0 Å². The van der Waals surface area contributed by atoms with E-state index in [0.29, 0.717) is 30.0 Å². The average Bonchev–Trinajstić information content (AvgIpc) is 3.08. The highest BCUT2D eigenvalue weighted by Gasteiger charge is 2.13. The van der Waals surface area contributed by atoms with Gasteiger partial charge in [-0.2, -0.15) is 0 Å². The van der Waals surface area contributed by atoms with Crippen molar-refractivity contribution in [1.29, 1.82) is 0 Å². The first-order chi connectivity index (χ1) is 12.0. The number of hydrogen-bond acceptors (Lipinski definition) is 5. The number of carbonyl (C=O) groups excluding carboxylic acids is 1. The Hall–Kier alpha value is -3.29. The van der Waals surface area contributed by atoms with Gasteiger partial charge in [0.05, 0.1) is 18.5 Å². The number of aromatic nitrogens is 2. The molecule has 0 saturated carbocycles. The van der Waals surface area contributed by atoms with E-state index in [4.69, 9.17) is 4.42 Å². The second-order valence-corrected chi connectivity index (χ2v) is 5.20. The molecular weight excluding hydrogens is 330 g/mol. The van der Waals surface area contributed by atoms with Crippen LogP contribution in [0.3, 0.4) is 0 Å². The number of furan rings is 1. The topological polar surface area (TPSA) is 80.0 Å². The summed E-state index contributed by atoms with van der Waals surface area (Å²) in [7, 11) is 0. The fourth-order valence-electron chi connectivity index (χ4n) is 2.14. The molecule has 0 aliphatic heterocycles. The molecule has 0 saturated heterocycles. The first-order valence-electron chi connectivity index (χ1n) is 7.39. The van der Waals surface area contributed by atoms with E-state index in [0.717, 1.165) is 12.1 Å². The third-order valence-electron chi connectivity index (χ3n) is 3.27. The lowest BCUT2D eigenvalue weighted by Gasteiger charge is -2.09. The van der Waals surface area contributed by atoms with E-state index in [2.05, 4.69) is 20.6 Å². The van der Waals surface area contributed by atoms with E-state index in [9.17, 15) is 13.6 Å². The van der Waals surface area contributed by atoms with E-state index in [1.165, 1.54) is 6.07 Å². The minimum Gasteiger partial charge on any atom is -0.467 e. The summed E-state index contributed by atoms with van der Waals surface area (Å²) in [6.45, 7) is 2.02. The second kappa shape index (κ2) is 7.08. The fraction of sp³-hybridized carbons (Fsp3) is 0.118. The second-order valence-electron chi connectivity index (χ2n) is 5.20. The van der Waals surface area contributed by atoms with Gasteiger partial charge in [0.2, 0.25) is 0 Å². The molecule has 0 aliphatic carbocycles. The number of benzene rings is 1. The van der Waals surface area contributed by atoms with Crippen LogP contribution in [-0.4, -0.2) is 15.9 Å². The van der Waals surface area contributed by atoms with Crippen molar-refractivity contribution in [2.45, 2.75) is 13.5 Å². The highest BCUT2D eigenvalue weighted by Crippen LogP contribution is 2.17. The number of anilines is 2. The standard InChI is InChI=1S/C17H14F2N4O2/c1-10-21-15(8-16(22-10)20-9-12-3-2-6-25-12)17(24)23-14-5-4-11(18)7-13(14)19/h2-8H,9H2,1H3,(H,23,24)(H,20,21,22). The molecule has 2 aromatic heterocycles. The van der Waals surface area contributed by atoms with Crippen molar-refractivity contribution < 1.29 is 18.0 Å². The lowest BCUT2D eigenvalue weighted by atomic mass is 10.2. The molecule has 3 rings (SSSR count). The number of nitrogens with one attached hydrogen (secondary N) is 2. The minimum atomic E-state index is -0.865. The Morgan fingerprint density at radius 3 is 2.76 bits per heavy atom. The Bertz CT molecular complexity index is 898. The van der Waals surface area contributed by atoms with Crippen molar-refractivity contribution in [3.8, 4) is 0 Å². The summed E-state index contributed by atoms with van der Waals surface area (Å²) < 4.78 is 31.8. The number of aryl methyl sites for hydroxylation is 1. The first kappa shape index (κ1) is 16.6. The molecule has 6 nitrogen and oxygen atoms in total. The van der Waals surface area contributed by atoms with Gasteiger partial charge < -0.3 is 15.1 Å². The minimum absolute atomic E-state index is 0.0539. The van der Waals surface area contributed by atoms with Gasteiger partial charge in [-0.05, 0) is 31.2 Å². The van der Waals surface area contributed by atoms with Crippen molar-refractivity contribution in [2.24, 2.45) is 0 Å². The summed E-state index contributed by atoms with van der Waals surface area (Å²) in [4.78, 5) is 20.5. The van der Waals surface area contributed by atoms with E-state index < -0.39 is 17.5 Å². The molecule has 0 atom stereocenters. The summed E-state index contributed by atoms with van der Waals surface area (Å²) >= 11 is 0. The summed E-state index contributed by atoms with van der Waals surface area (Å²) in [6, 6.07) is 7.89. The molecule has 0 bridgehead atoms. The summed E-state index contributed by atoms with van der Waals surface area (Å²) in [5.74, 6) is -0.719. The molecule has 1 amide bonds. The number of hydrogen-bond donors (Lipinski definition) is 2. The van der Waals surface area contributed by atoms with Crippen LogP contribution in [0, 0.1) is 18.6 Å². The molecule has 128 valence electrons. The van der Waals surface area contributed by atoms with Gasteiger partial charge in [-0.1, -0.05) is 0 Å². The van der Waals surface area contributed by atoms with E-state index >= 15 is 0 Å². The maximum absolute atomic E-state index is 13.7. The molecule has 0 aliphatic rings. The van der Waals surface area contributed by atoms with Gasteiger partial charge in [-0.3, -0.25) is 4.79 Å². The first-order valence-corrected chi connectivity index (χ1v) is 7.39. The summed E-state index contributed by atoms with van der Waals surface area (Å²) in [5.41, 5.74) is -0.0778. The van der Waals surface area contributed by atoms with Gasteiger partial charge in [-0.15, -0.1) is 0 Å². The zero-order valence-corrected chi connectivity index (χ0v) is 13.2. The molecule has 1 aromatic carbocycles. The van der Waals surface area contributed by atoms with Gasteiger partial charge in [0.15, 0.2) is 0 Å². The van der Waals surface area contributed by atoms with Crippen molar-refractivity contribution in [3.05, 3.63) is 71.6 Å². The molecular formula is C17H14F2N4O2. The Labute approximate surface area is 141 Å². The van der Waals surface area contributed by atoms with Crippen molar-refractivity contribution in [1.82, 2.24) is 9.97 Å². The summed E-state index contributed by atoms with van der Waals surface area (Å²) in [5, 5.41) is 5.38. The molecule has 0 unspecified atom stereocenters. The number of rotatable bonds is 5. The predicted molar refractivity (Wildman–Crippen MR) is 87.1 cm³/mol. The zero-order chi connectivity index (χ0) is 17.8. The van der Waals surface area contributed by atoms with E-state index in [-0.39, 0.29) is 11.4 Å². The predicted octanol–water partition coefficient (Wildman–Crippen LogP) is 3.52. The molecule has 0 fully saturated rings. The largest absolute Gasteiger partial charge is 0.467 e. The maximum atomic E-state index is 13.7. The van der Waals surface area contributed by atoms with Crippen molar-refractivity contribution in [2.75, 3.05) is 10.6 Å². The van der Waals surface area contributed by atoms with Crippen molar-refractivity contribution in [3.63, 3.8) is 0 Å². The van der Waals surface area contributed by atoms with Crippen LogP contribution < -0.4 is 10.6 Å². The van der Waals surface area contributed by atoms with Gasteiger partial charge in [0.1, 0.15) is 34.7 Å². The quantitative estimate of drug-likeness (QED) is 0.740. The van der Waals surface area contributed by atoms with Crippen LogP contribution in [0.5, 0.6) is 0 Å². The van der Waals surface area contributed by atoms with Crippen LogP contribution in [0.25, 0.3) is 0 Å². The van der Waals surface area contributed by atoms with Crippen LogP contribution in [0.4, 0.5) is 20.3 Å². The zero-order valence-electron chi connectivity index (χ0n) is 13.2. The Kier molecular flexibility index (Phi) is 4.69. The molecule has 0 spiro atoms. The normalized spacial score (nSPS) is 10.5. The fourth-order valence-corrected chi connectivity index (χ4v) is 2.14. The molecule has 25 heavy (non-hydrogen) atoms. The third kappa shape index (κ3) is 4.17. The lowest BCUT2D eigenvalue weighted by molar-refractivity contribution is 0.102. The third-order valence-corrected chi connectivity index (χ3v) is 3.27. The molecule has 2 N–H and O–H groups in total. The maximum Gasteiger partial charge on any atom is 0.274 e. The molecule has 3 aromatic rings. The SMILES string of the molecule is Cc1nc(NCc2ccco2)cc(C(=O)Nc2ccc(F)cc2F)n1. The Morgan fingerprint density at radius 2 is 2.04 bits per heavy atom. The van der Waals surface area contributed by atoms with Crippen LogP contribution in [0.2, 0.25) is 0 Å². The molecule has 0 radical (unpaired) electrons. The van der Waals surface area contributed by atoms with Crippen LogP contribution in [0.15, 0.2) is 47.1 Å². The monoisotopic (exact) mass is 344 g/mol. The Balaban J connectivity index is 1.75. The smallest absolute Gasteiger partial charge is 0.274 e. The Morgan fingerprint density at radius 1 is 1.20 bits per heavy atom. The van der Waals surface area contributed by atoms with Gasteiger partial charge in [0.25, 0.3) is 5.91 Å².